The number of nitrogens with zero attached hydrogens (tertiary/aromatic N) is 1. The molecule has 0 saturated heterocycles. The Morgan fingerprint density at radius 1 is 1.10 bits per heavy atom. The quantitative estimate of drug-likeness (QED) is 0.736. The zero-order valence-electron chi connectivity index (χ0n) is 11.2. The van der Waals surface area contributed by atoms with Crippen LogP contribution in [-0.4, -0.2) is 21.5 Å². The van der Waals surface area contributed by atoms with Crippen LogP contribution in [-0.2, 0) is 0 Å². The van der Waals surface area contributed by atoms with Gasteiger partial charge in [-0.05, 0) is 36.8 Å². The maximum atomic E-state index is 12.3. The first kappa shape index (κ1) is 14.3. The Labute approximate surface area is 119 Å². The highest BCUT2D eigenvalue weighted by Gasteiger charge is 2.17. The molecule has 0 unspecified atom stereocenters. The number of pyridine rings is 1. The summed E-state index contributed by atoms with van der Waals surface area (Å²) in [6.07, 6.45) is 0. The lowest BCUT2D eigenvalue weighted by atomic mass is 10.1. The molecule has 0 fully saturated rings. The van der Waals surface area contributed by atoms with Crippen molar-refractivity contribution in [3.05, 3.63) is 57.4 Å². The first-order chi connectivity index (χ1) is 9.82. The van der Waals surface area contributed by atoms with E-state index in [0.717, 1.165) is 4.57 Å². The first-order valence-corrected chi connectivity index (χ1v) is 5.98. The van der Waals surface area contributed by atoms with E-state index in [4.69, 9.17) is 11.5 Å². The molecule has 7 nitrogen and oxygen atoms in total. The number of rotatable bonds is 3. The summed E-state index contributed by atoms with van der Waals surface area (Å²) < 4.78 is 0.928. The van der Waals surface area contributed by atoms with Crippen molar-refractivity contribution in [3.63, 3.8) is 0 Å². The summed E-state index contributed by atoms with van der Waals surface area (Å²) in [5.41, 5.74) is 10.2. The Morgan fingerprint density at radius 3 is 2.14 bits per heavy atom. The van der Waals surface area contributed by atoms with Gasteiger partial charge in [-0.3, -0.25) is 14.4 Å². The molecule has 0 aliphatic carbocycles. The van der Waals surface area contributed by atoms with E-state index in [1.165, 1.54) is 37.3 Å². The van der Waals surface area contributed by atoms with Crippen LogP contribution < -0.4 is 17.0 Å². The summed E-state index contributed by atoms with van der Waals surface area (Å²) in [6.45, 7) is 1.50. The average molecular weight is 287 g/mol. The molecule has 1 aromatic heterocycles. The van der Waals surface area contributed by atoms with Gasteiger partial charge in [-0.1, -0.05) is 0 Å². The van der Waals surface area contributed by atoms with Crippen molar-refractivity contribution in [2.75, 3.05) is 0 Å². The third kappa shape index (κ3) is 2.48. The van der Waals surface area contributed by atoms with Crippen LogP contribution in [0.3, 0.4) is 0 Å². The molecule has 0 spiro atoms. The van der Waals surface area contributed by atoms with Crippen LogP contribution in [0.2, 0.25) is 0 Å². The SMILES string of the molecule is Cc1cc(O)n(-c2ccc(C(N)=O)cc2)c(=O)c1C(N)=O. The Balaban J connectivity index is 2.69. The molecule has 2 amide bonds. The molecule has 0 aliphatic rings. The van der Waals surface area contributed by atoms with Crippen molar-refractivity contribution >= 4 is 11.8 Å². The molecule has 0 aliphatic heterocycles. The fraction of sp³-hybridized carbons (Fsp3) is 0.0714. The lowest BCUT2D eigenvalue weighted by molar-refractivity contribution is 0.0990. The minimum absolute atomic E-state index is 0.202. The van der Waals surface area contributed by atoms with Crippen molar-refractivity contribution < 1.29 is 14.7 Å². The van der Waals surface area contributed by atoms with E-state index in [9.17, 15) is 19.5 Å². The maximum absolute atomic E-state index is 12.3. The summed E-state index contributed by atoms with van der Waals surface area (Å²) in [4.78, 5) is 34.6. The number of aryl methyl sites for hydroxylation is 1. The van der Waals surface area contributed by atoms with Gasteiger partial charge in [0.25, 0.3) is 11.5 Å². The smallest absolute Gasteiger partial charge is 0.271 e. The molecule has 2 aromatic rings. The largest absolute Gasteiger partial charge is 0.494 e. The number of aromatic nitrogens is 1. The van der Waals surface area contributed by atoms with E-state index < -0.39 is 17.4 Å². The van der Waals surface area contributed by atoms with Gasteiger partial charge in [-0.25, -0.2) is 4.57 Å². The zero-order valence-corrected chi connectivity index (χ0v) is 11.2. The highest BCUT2D eigenvalue weighted by Crippen LogP contribution is 2.18. The molecule has 1 heterocycles. The molecule has 5 N–H and O–H groups in total. The third-order valence-electron chi connectivity index (χ3n) is 3.04. The second-order valence-corrected chi connectivity index (χ2v) is 4.48. The second-order valence-electron chi connectivity index (χ2n) is 4.48. The van der Waals surface area contributed by atoms with Crippen molar-refractivity contribution in [3.8, 4) is 11.6 Å². The Bertz CT molecular complexity index is 791. The molecule has 2 rings (SSSR count). The van der Waals surface area contributed by atoms with Gasteiger partial charge in [0.2, 0.25) is 5.91 Å². The van der Waals surface area contributed by atoms with E-state index >= 15 is 0 Å². The van der Waals surface area contributed by atoms with Crippen LogP contribution in [0.5, 0.6) is 5.88 Å². The number of carbonyl (C=O) groups excluding carboxylic acids is 2. The molecule has 0 bridgehead atoms. The van der Waals surface area contributed by atoms with Crippen molar-refractivity contribution in [2.45, 2.75) is 6.92 Å². The summed E-state index contributed by atoms with van der Waals surface area (Å²) in [5, 5.41) is 9.93. The van der Waals surface area contributed by atoms with Gasteiger partial charge in [-0.15, -0.1) is 0 Å². The fourth-order valence-corrected chi connectivity index (χ4v) is 2.04. The van der Waals surface area contributed by atoms with Crippen LogP contribution >= 0.6 is 0 Å². The molecule has 108 valence electrons. The number of hydrogen-bond acceptors (Lipinski definition) is 4. The van der Waals surface area contributed by atoms with E-state index in [2.05, 4.69) is 0 Å². The molecule has 1 aromatic carbocycles. The molecular formula is C14H13N3O4. The number of benzene rings is 1. The first-order valence-electron chi connectivity index (χ1n) is 5.98. The van der Waals surface area contributed by atoms with Crippen LogP contribution in [0.1, 0.15) is 26.3 Å². The van der Waals surface area contributed by atoms with Crippen LogP contribution in [0.4, 0.5) is 0 Å². The monoisotopic (exact) mass is 287 g/mol. The summed E-state index contributed by atoms with van der Waals surface area (Å²) in [7, 11) is 0. The molecule has 0 saturated carbocycles. The highest BCUT2D eigenvalue weighted by atomic mass is 16.3. The van der Waals surface area contributed by atoms with E-state index in [-0.39, 0.29) is 28.3 Å². The lowest BCUT2D eigenvalue weighted by Gasteiger charge is -2.12. The predicted molar refractivity (Wildman–Crippen MR) is 75.5 cm³/mol. The number of primary amides is 2. The fourth-order valence-electron chi connectivity index (χ4n) is 2.04. The molecular weight excluding hydrogens is 274 g/mol. The van der Waals surface area contributed by atoms with Crippen LogP contribution in [0.25, 0.3) is 5.69 Å². The minimum Gasteiger partial charge on any atom is -0.494 e. The van der Waals surface area contributed by atoms with Gasteiger partial charge in [0, 0.05) is 11.6 Å². The number of aromatic hydroxyl groups is 1. The van der Waals surface area contributed by atoms with Gasteiger partial charge in [0.05, 0.1) is 5.69 Å². The number of nitrogens with two attached hydrogens (primary N) is 2. The normalized spacial score (nSPS) is 10.3. The number of hydrogen-bond donors (Lipinski definition) is 3. The van der Waals surface area contributed by atoms with Crippen molar-refractivity contribution in [2.24, 2.45) is 11.5 Å². The zero-order chi connectivity index (χ0) is 15.7. The standard InChI is InChI=1S/C14H13N3O4/c1-7-6-10(18)17(14(21)11(7)13(16)20)9-4-2-8(3-5-9)12(15)19/h2-6,18H,1H3,(H2,15,19)(H2,16,20). The topological polar surface area (TPSA) is 128 Å². The van der Waals surface area contributed by atoms with Gasteiger partial charge >= 0.3 is 0 Å². The number of carbonyl (C=O) groups is 2. The minimum atomic E-state index is -0.875. The summed E-state index contributed by atoms with van der Waals surface area (Å²) in [6, 6.07) is 6.95. The third-order valence-corrected chi connectivity index (χ3v) is 3.04. The summed E-state index contributed by atoms with van der Waals surface area (Å²) in [5.74, 6) is -1.82. The second kappa shape index (κ2) is 5.12. The van der Waals surface area contributed by atoms with E-state index in [1.807, 2.05) is 0 Å². The highest BCUT2D eigenvalue weighted by molar-refractivity contribution is 5.94. The van der Waals surface area contributed by atoms with Gasteiger partial charge in [-0.2, -0.15) is 0 Å². The van der Waals surface area contributed by atoms with Crippen molar-refractivity contribution in [1.29, 1.82) is 0 Å². The van der Waals surface area contributed by atoms with Gasteiger partial charge in [0.1, 0.15) is 5.56 Å². The van der Waals surface area contributed by atoms with Gasteiger partial charge in [0.15, 0.2) is 5.88 Å². The Hall–Kier alpha value is -3.09. The predicted octanol–water partition coefficient (Wildman–Crippen LogP) is 0.0493. The van der Waals surface area contributed by atoms with E-state index in [1.54, 1.807) is 0 Å². The lowest BCUT2D eigenvalue weighted by Crippen LogP contribution is -2.30. The summed E-state index contributed by atoms with van der Waals surface area (Å²) >= 11 is 0. The molecule has 0 radical (unpaired) electrons. The van der Waals surface area contributed by atoms with Gasteiger partial charge < -0.3 is 16.6 Å². The average Bonchev–Trinajstić information content (AvgIpc) is 2.38. The molecule has 7 heteroatoms. The van der Waals surface area contributed by atoms with Crippen LogP contribution in [0, 0.1) is 6.92 Å². The Kier molecular flexibility index (Phi) is 3.49. The van der Waals surface area contributed by atoms with Crippen molar-refractivity contribution in [1.82, 2.24) is 4.57 Å². The molecule has 0 atom stereocenters. The molecule has 21 heavy (non-hydrogen) atoms. The number of amides is 2. The Morgan fingerprint density at radius 2 is 1.67 bits per heavy atom. The maximum Gasteiger partial charge on any atom is 0.271 e. The van der Waals surface area contributed by atoms with E-state index in [0.29, 0.717) is 0 Å². The van der Waals surface area contributed by atoms with Crippen LogP contribution in [0.15, 0.2) is 35.1 Å².